The smallest absolute Gasteiger partial charge is 0.229 e. The fraction of sp³-hybridized carbons (Fsp3) is 0.294. The van der Waals surface area contributed by atoms with Crippen molar-refractivity contribution < 1.29 is 13.6 Å². The molecule has 1 aliphatic carbocycles. The number of nitrogens with zero attached hydrogens (tertiary/aromatic N) is 3. The quantitative estimate of drug-likeness (QED) is 0.709. The van der Waals surface area contributed by atoms with Crippen LogP contribution in [0.1, 0.15) is 24.1 Å². The van der Waals surface area contributed by atoms with Crippen LogP contribution in [0.2, 0.25) is 0 Å². The minimum Gasteiger partial charge on any atom is -0.335 e. The molecule has 1 aliphatic rings. The molecule has 1 aromatic carbocycles. The monoisotopic (exact) mass is 347 g/mol. The van der Waals surface area contributed by atoms with Gasteiger partial charge in [0.25, 0.3) is 0 Å². The number of amides is 1. The number of benzene rings is 1. The molecule has 0 atom stereocenters. The molecule has 2 aromatic heterocycles. The molecule has 0 aliphatic heterocycles. The van der Waals surface area contributed by atoms with Crippen molar-refractivity contribution in [2.75, 3.05) is 0 Å². The third-order valence-electron chi connectivity index (χ3n) is 4.21. The summed E-state index contributed by atoms with van der Waals surface area (Å²) in [5.41, 5.74) is 1.22. The number of hydrogen-bond acceptors (Lipinski definition) is 3. The fourth-order valence-electron chi connectivity index (χ4n) is 2.80. The lowest BCUT2D eigenvalue weighted by Crippen LogP contribution is -2.34. The molecule has 0 spiro atoms. The Morgan fingerprint density at radius 1 is 1.38 bits per heavy atom. The summed E-state index contributed by atoms with van der Waals surface area (Å²) in [6, 6.07) is 3.64. The first-order valence-electron chi connectivity index (χ1n) is 7.74. The largest absolute Gasteiger partial charge is 0.335 e. The highest BCUT2D eigenvalue weighted by atomic mass is 32.1. The first-order chi connectivity index (χ1) is 11.6. The van der Waals surface area contributed by atoms with Gasteiger partial charge in [-0.25, -0.2) is 13.8 Å². The fourth-order valence-corrected chi connectivity index (χ4v) is 3.65. The summed E-state index contributed by atoms with van der Waals surface area (Å²) >= 11 is 1.49. The van der Waals surface area contributed by atoms with Gasteiger partial charge in [0.05, 0.1) is 6.42 Å². The second-order valence-electron chi connectivity index (χ2n) is 5.97. The van der Waals surface area contributed by atoms with Crippen LogP contribution < -0.4 is 0 Å². The van der Waals surface area contributed by atoms with Crippen molar-refractivity contribution in [3.05, 3.63) is 58.9 Å². The predicted octanol–water partition coefficient (Wildman–Crippen LogP) is 3.41. The van der Waals surface area contributed by atoms with Gasteiger partial charge >= 0.3 is 0 Å². The van der Waals surface area contributed by atoms with E-state index in [1.165, 1.54) is 23.5 Å². The highest BCUT2D eigenvalue weighted by Gasteiger charge is 2.33. The average Bonchev–Trinajstić information content (AvgIpc) is 3.15. The van der Waals surface area contributed by atoms with Gasteiger partial charge in [0.15, 0.2) is 4.96 Å². The maximum atomic E-state index is 13.9. The maximum Gasteiger partial charge on any atom is 0.229 e. The van der Waals surface area contributed by atoms with Crippen molar-refractivity contribution in [1.29, 1.82) is 0 Å². The van der Waals surface area contributed by atoms with Gasteiger partial charge in [-0.3, -0.25) is 9.20 Å². The Morgan fingerprint density at radius 2 is 2.21 bits per heavy atom. The molecule has 0 N–H and O–H groups in total. The predicted molar refractivity (Wildman–Crippen MR) is 86.7 cm³/mol. The second-order valence-corrected chi connectivity index (χ2v) is 6.81. The van der Waals surface area contributed by atoms with Crippen LogP contribution >= 0.6 is 11.3 Å². The molecule has 24 heavy (non-hydrogen) atoms. The Hall–Kier alpha value is -2.28. The number of carbonyl (C=O) groups is 1. The van der Waals surface area contributed by atoms with Crippen LogP contribution in [-0.2, 0) is 17.8 Å². The van der Waals surface area contributed by atoms with Crippen molar-refractivity contribution in [2.45, 2.75) is 31.8 Å². The second kappa shape index (κ2) is 5.98. The molecule has 0 bridgehead atoms. The Labute approximate surface area is 141 Å². The van der Waals surface area contributed by atoms with Gasteiger partial charge in [-0.15, -0.1) is 11.3 Å². The molecular weight excluding hydrogens is 332 g/mol. The van der Waals surface area contributed by atoms with Crippen LogP contribution in [-0.4, -0.2) is 26.2 Å². The zero-order valence-corrected chi connectivity index (χ0v) is 13.6. The van der Waals surface area contributed by atoms with E-state index < -0.39 is 11.6 Å². The molecule has 1 saturated carbocycles. The van der Waals surface area contributed by atoms with Gasteiger partial charge in [-0.2, -0.15) is 0 Å². The van der Waals surface area contributed by atoms with Gasteiger partial charge in [0.2, 0.25) is 5.91 Å². The molecule has 1 fully saturated rings. The normalized spacial score (nSPS) is 14.2. The lowest BCUT2D eigenvalue weighted by atomic mass is 10.1. The highest BCUT2D eigenvalue weighted by Crippen LogP contribution is 2.30. The van der Waals surface area contributed by atoms with Gasteiger partial charge < -0.3 is 4.90 Å². The molecule has 4 nitrogen and oxygen atoms in total. The van der Waals surface area contributed by atoms with Crippen LogP contribution in [0.3, 0.4) is 0 Å². The summed E-state index contributed by atoms with van der Waals surface area (Å²) in [5, 5.41) is 1.92. The zero-order chi connectivity index (χ0) is 16.7. The van der Waals surface area contributed by atoms with Crippen molar-refractivity contribution in [3.63, 3.8) is 0 Å². The van der Waals surface area contributed by atoms with Crippen LogP contribution in [0.4, 0.5) is 8.78 Å². The van der Waals surface area contributed by atoms with E-state index in [1.807, 2.05) is 16.0 Å². The van der Waals surface area contributed by atoms with E-state index in [9.17, 15) is 13.6 Å². The topological polar surface area (TPSA) is 37.6 Å². The standard InChI is InChI=1S/C17H15F2N3OS/c18-12-2-1-11(15(19)7-12)9-22(13-3-4-13)16(23)8-14-10-24-17-20-5-6-21(14)17/h1-2,5-7,10,13H,3-4,8-9H2. The van der Waals surface area contributed by atoms with Crippen molar-refractivity contribution in [3.8, 4) is 0 Å². The Bertz CT molecular complexity index is 900. The third-order valence-corrected chi connectivity index (χ3v) is 5.12. The Balaban J connectivity index is 1.54. The van der Waals surface area contributed by atoms with E-state index in [4.69, 9.17) is 0 Å². The number of halogens is 2. The van der Waals surface area contributed by atoms with Crippen molar-refractivity contribution in [1.82, 2.24) is 14.3 Å². The zero-order valence-electron chi connectivity index (χ0n) is 12.8. The number of hydrogen-bond donors (Lipinski definition) is 0. The number of fused-ring (bicyclic) bond motifs is 1. The SMILES string of the molecule is O=C(Cc1csc2nccn12)N(Cc1ccc(F)cc1F)C1CC1. The van der Waals surface area contributed by atoms with Crippen LogP contribution in [0.25, 0.3) is 4.96 Å². The van der Waals surface area contributed by atoms with Gasteiger partial charge in [-0.1, -0.05) is 6.07 Å². The Morgan fingerprint density at radius 3 is 2.96 bits per heavy atom. The maximum absolute atomic E-state index is 13.9. The molecule has 3 aromatic rings. The molecule has 7 heteroatoms. The molecule has 0 radical (unpaired) electrons. The summed E-state index contributed by atoms with van der Waals surface area (Å²) in [6.07, 6.45) is 5.63. The first kappa shape index (κ1) is 15.3. The number of carbonyl (C=O) groups excluding carboxylic acids is 1. The summed E-state index contributed by atoms with van der Waals surface area (Å²) in [7, 11) is 0. The van der Waals surface area contributed by atoms with Crippen LogP contribution in [0, 0.1) is 11.6 Å². The van der Waals surface area contributed by atoms with Crippen molar-refractivity contribution in [2.24, 2.45) is 0 Å². The van der Waals surface area contributed by atoms with Gasteiger partial charge in [0.1, 0.15) is 11.6 Å². The number of imidazole rings is 1. The number of thiazole rings is 1. The van der Waals surface area contributed by atoms with E-state index in [2.05, 4.69) is 4.98 Å². The summed E-state index contributed by atoms with van der Waals surface area (Å²) in [6.45, 7) is 0.173. The molecule has 0 saturated heterocycles. The number of rotatable bonds is 5. The number of aromatic nitrogens is 2. The molecule has 124 valence electrons. The van der Waals surface area contributed by atoms with E-state index in [1.54, 1.807) is 11.1 Å². The summed E-state index contributed by atoms with van der Waals surface area (Å²) in [4.78, 5) is 19.5. The van der Waals surface area contributed by atoms with E-state index in [0.29, 0.717) is 5.56 Å². The highest BCUT2D eigenvalue weighted by molar-refractivity contribution is 7.15. The van der Waals surface area contributed by atoms with Gasteiger partial charge in [-0.05, 0) is 18.9 Å². The molecular formula is C17H15F2N3OS. The molecule has 0 unspecified atom stereocenters. The van der Waals surface area contributed by atoms with E-state index in [0.717, 1.165) is 29.6 Å². The van der Waals surface area contributed by atoms with Gasteiger partial charge in [0, 0.05) is 47.7 Å². The van der Waals surface area contributed by atoms with Crippen LogP contribution in [0.15, 0.2) is 36.0 Å². The lowest BCUT2D eigenvalue weighted by molar-refractivity contribution is -0.131. The molecule has 2 heterocycles. The molecule has 4 rings (SSSR count). The van der Waals surface area contributed by atoms with E-state index >= 15 is 0 Å². The lowest BCUT2D eigenvalue weighted by Gasteiger charge is -2.23. The molecule has 1 amide bonds. The van der Waals surface area contributed by atoms with E-state index in [-0.39, 0.29) is 24.9 Å². The third kappa shape index (κ3) is 2.91. The average molecular weight is 347 g/mol. The Kier molecular flexibility index (Phi) is 3.80. The van der Waals surface area contributed by atoms with Crippen LogP contribution in [0.5, 0.6) is 0 Å². The minimum absolute atomic E-state index is 0.0466. The first-order valence-corrected chi connectivity index (χ1v) is 8.62. The summed E-state index contributed by atoms with van der Waals surface area (Å²) in [5.74, 6) is -1.27. The van der Waals surface area contributed by atoms with Crippen molar-refractivity contribution >= 4 is 22.2 Å². The minimum atomic E-state index is -0.610. The summed E-state index contributed by atoms with van der Waals surface area (Å²) < 4.78 is 28.9.